The van der Waals surface area contributed by atoms with E-state index in [9.17, 15) is 0 Å². The van der Waals surface area contributed by atoms with E-state index in [0.29, 0.717) is 5.82 Å². The van der Waals surface area contributed by atoms with E-state index < -0.39 is 0 Å². The maximum atomic E-state index is 4.31. The fourth-order valence-corrected chi connectivity index (χ4v) is 1.22. The summed E-state index contributed by atoms with van der Waals surface area (Å²) in [6.45, 7) is 5.88. The molecule has 0 radical (unpaired) electrons. The Balaban J connectivity index is 2.63. The van der Waals surface area contributed by atoms with Crippen molar-refractivity contribution in [3.05, 3.63) is 24.7 Å². The molecule has 0 spiro atoms. The largest absolute Gasteiger partial charge is 0.382 e. The van der Waals surface area contributed by atoms with Crippen LogP contribution in [0.5, 0.6) is 0 Å². The normalized spacial score (nSPS) is 15.3. The van der Waals surface area contributed by atoms with E-state index in [2.05, 4.69) is 21.5 Å². The van der Waals surface area contributed by atoms with E-state index in [1.807, 2.05) is 19.7 Å². The fraction of sp³-hybridized carbons (Fsp3) is 0.125. The van der Waals surface area contributed by atoms with Crippen LogP contribution < -0.4 is 0 Å². The Labute approximate surface area is 77.5 Å². The second-order valence-electron chi connectivity index (χ2n) is 2.92. The monoisotopic (exact) mass is 172 g/mol. The van der Waals surface area contributed by atoms with Crippen molar-refractivity contribution < 1.29 is 0 Å². The molecule has 1 aromatic heterocycles. The third kappa shape index (κ3) is 1.12. The second-order valence-corrected chi connectivity index (χ2v) is 2.92. The van der Waals surface area contributed by atoms with Gasteiger partial charge in [0, 0.05) is 11.9 Å². The Morgan fingerprint density at radius 3 is 3.08 bits per heavy atom. The molecule has 4 nitrogen and oxygen atoms in total. The van der Waals surface area contributed by atoms with Crippen molar-refractivity contribution in [2.45, 2.75) is 6.92 Å². The van der Waals surface area contributed by atoms with E-state index >= 15 is 0 Å². The summed E-state index contributed by atoms with van der Waals surface area (Å²) in [5.41, 5.74) is 1.79. The second kappa shape index (κ2) is 2.69. The highest BCUT2D eigenvalue weighted by Crippen LogP contribution is 2.28. The first-order valence-corrected chi connectivity index (χ1v) is 3.98. The van der Waals surface area contributed by atoms with Gasteiger partial charge in [-0.2, -0.15) is 0 Å². The zero-order chi connectivity index (χ0) is 9.42. The summed E-state index contributed by atoms with van der Waals surface area (Å²) in [6, 6.07) is 0. The van der Waals surface area contributed by atoms with Crippen molar-refractivity contribution in [3.63, 3.8) is 0 Å². The summed E-state index contributed by atoms with van der Waals surface area (Å²) in [5, 5.41) is 0. The number of amidine groups is 1. The Kier molecular flexibility index (Phi) is 1.65. The maximum absolute atomic E-state index is 4.31. The first kappa shape index (κ1) is 7.98. The van der Waals surface area contributed by atoms with Crippen molar-refractivity contribution in [1.82, 2.24) is 14.8 Å². The van der Waals surface area contributed by atoms with Gasteiger partial charge in [-0.25, -0.2) is 15.0 Å². The van der Waals surface area contributed by atoms with E-state index in [1.165, 1.54) is 6.33 Å². The van der Waals surface area contributed by atoms with Crippen molar-refractivity contribution in [2.75, 3.05) is 0 Å². The molecule has 5 heteroatoms. The molecule has 0 saturated heterocycles. The minimum absolute atomic E-state index is 0.704. The molecule has 0 aromatic carbocycles. The van der Waals surface area contributed by atoms with E-state index in [4.69, 9.17) is 0 Å². The molecule has 0 unspecified atom stereocenters. The highest BCUT2D eigenvalue weighted by atomic mass is 15.2. The molecule has 0 aliphatic carbocycles. The van der Waals surface area contributed by atoms with Crippen molar-refractivity contribution >= 4 is 25.3 Å². The van der Waals surface area contributed by atoms with Crippen LogP contribution >= 0.6 is 0 Å². The summed E-state index contributed by atoms with van der Waals surface area (Å²) < 4.78 is 0. The summed E-state index contributed by atoms with van der Waals surface area (Å²) >= 11 is 0. The highest BCUT2D eigenvalue weighted by Gasteiger charge is 2.17. The van der Waals surface area contributed by atoms with Gasteiger partial charge in [0.2, 0.25) is 7.98 Å². The van der Waals surface area contributed by atoms with Gasteiger partial charge in [-0.1, -0.05) is 6.58 Å². The van der Waals surface area contributed by atoms with Gasteiger partial charge < -0.3 is 4.81 Å². The van der Waals surface area contributed by atoms with Crippen LogP contribution in [-0.2, 0) is 0 Å². The summed E-state index contributed by atoms with van der Waals surface area (Å²) in [6.07, 6.45) is 3.23. The van der Waals surface area contributed by atoms with Gasteiger partial charge in [0.1, 0.15) is 6.33 Å². The standard InChI is InChI=1S/C8H9BN4/c1-5-7-3-10-4-11-8(7)12-6(2)13(5)9/h3-4H,1,9H2,2H3. The van der Waals surface area contributed by atoms with E-state index in [0.717, 1.165) is 17.1 Å². The molecule has 2 heterocycles. The first-order chi connectivity index (χ1) is 6.20. The maximum Gasteiger partial charge on any atom is 0.225 e. The van der Waals surface area contributed by atoms with Gasteiger partial charge in [0.05, 0.1) is 11.4 Å². The summed E-state index contributed by atoms with van der Waals surface area (Å²) in [7, 11) is 1.93. The number of hydrogen-bond acceptors (Lipinski definition) is 4. The van der Waals surface area contributed by atoms with Gasteiger partial charge in [0.15, 0.2) is 5.82 Å². The number of aromatic nitrogens is 2. The third-order valence-electron chi connectivity index (χ3n) is 2.16. The minimum Gasteiger partial charge on any atom is -0.382 e. The molecule has 0 saturated carbocycles. The molecule has 0 bridgehead atoms. The molecule has 0 fully saturated rings. The quantitative estimate of drug-likeness (QED) is 0.530. The fourth-order valence-electron chi connectivity index (χ4n) is 1.22. The van der Waals surface area contributed by atoms with Gasteiger partial charge in [-0.05, 0) is 6.92 Å². The van der Waals surface area contributed by atoms with Crippen LogP contribution in [0.25, 0.3) is 5.70 Å². The van der Waals surface area contributed by atoms with Crippen molar-refractivity contribution in [1.29, 1.82) is 0 Å². The topological polar surface area (TPSA) is 41.4 Å². The van der Waals surface area contributed by atoms with Crippen molar-refractivity contribution in [2.24, 2.45) is 4.99 Å². The smallest absolute Gasteiger partial charge is 0.225 e. The molecule has 1 aromatic rings. The zero-order valence-electron chi connectivity index (χ0n) is 7.65. The lowest BCUT2D eigenvalue weighted by Crippen LogP contribution is -2.26. The van der Waals surface area contributed by atoms with Gasteiger partial charge in [0.25, 0.3) is 0 Å². The van der Waals surface area contributed by atoms with Crippen molar-refractivity contribution in [3.8, 4) is 0 Å². The number of aliphatic imine (C=N–C) groups is 1. The molecule has 0 atom stereocenters. The molecule has 0 N–H and O–H groups in total. The third-order valence-corrected chi connectivity index (χ3v) is 2.16. The Hall–Kier alpha value is -1.65. The number of fused-ring (bicyclic) bond motifs is 1. The zero-order valence-corrected chi connectivity index (χ0v) is 7.65. The molecule has 1 aliphatic rings. The summed E-state index contributed by atoms with van der Waals surface area (Å²) in [5.74, 6) is 1.60. The summed E-state index contributed by atoms with van der Waals surface area (Å²) in [4.78, 5) is 14.2. The van der Waals surface area contributed by atoms with Gasteiger partial charge in [-0.3, -0.25) is 0 Å². The van der Waals surface area contributed by atoms with E-state index in [-0.39, 0.29) is 0 Å². The molecular formula is C8H9BN4. The number of hydrogen-bond donors (Lipinski definition) is 0. The minimum atomic E-state index is 0.704. The Morgan fingerprint density at radius 2 is 2.31 bits per heavy atom. The predicted octanol–water partition coefficient (Wildman–Crippen LogP) is 0.361. The SMILES string of the molecule is BN1C(=C)c2cncnc2N=C1C. The average molecular weight is 172 g/mol. The predicted molar refractivity (Wildman–Crippen MR) is 54.2 cm³/mol. The van der Waals surface area contributed by atoms with Crippen LogP contribution in [0, 0.1) is 0 Å². The van der Waals surface area contributed by atoms with Crippen LogP contribution in [-0.4, -0.2) is 28.6 Å². The molecule has 1 aliphatic heterocycles. The van der Waals surface area contributed by atoms with Gasteiger partial charge in [-0.15, -0.1) is 0 Å². The Morgan fingerprint density at radius 1 is 1.54 bits per heavy atom. The van der Waals surface area contributed by atoms with Crippen LogP contribution in [0.4, 0.5) is 5.82 Å². The lowest BCUT2D eigenvalue weighted by atomic mass is 10.1. The lowest BCUT2D eigenvalue weighted by molar-refractivity contribution is 0.895. The molecule has 2 rings (SSSR count). The first-order valence-electron chi connectivity index (χ1n) is 3.98. The number of nitrogens with zero attached hydrogens (tertiary/aromatic N) is 4. The highest BCUT2D eigenvalue weighted by molar-refractivity contribution is 6.22. The molecule has 13 heavy (non-hydrogen) atoms. The average Bonchev–Trinajstić information content (AvgIpc) is 2.15. The van der Waals surface area contributed by atoms with Gasteiger partial charge >= 0.3 is 0 Å². The molecular weight excluding hydrogens is 163 g/mol. The van der Waals surface area contributed by atoms with Crippen LogP contribution in [0.3, 0.4) is 0 Å². The number of rotatable bonds is 0. The molecule has 0 amide bonds. The lowest BCUT2D eigenvalue weighted by Gasteiger charge is -2.26. The van der Waals surface area contributed by atoms with Crippen LogP contribution in [0.2, 0.25) is 0 Å². The van der Waals surface area contributed by atoms with E-state index in [1.54, 1.807) is 6.20 Å². The van der Waals surface area contributed by atoms with Crippen LogP contribution in [0.15, 0.2) is 24.1 Å². The Bertz CT molecular complexity index is 399. The molecule has 64 valence electrons. The van der Waals surface area contributed by atoms with Crippen LogP contribution in [0.1, 0.15) is 12.5 Å².